The lowest BCUT2D eigenvalue weighted by Crippen LogP contribution is -2.07. The Morgan fingerprint density at radius 2 is 1.69 bits per heavy atom. The highest BCUT2D eigenvalue weighted by Crippen LogP contribution is 2.29. The monoisotopic (exact) mass is 342 g/mol. The summed E-state index contributed by atoms with van der Waals surface area (Å²) in [6.07, 6.45) is 0.617. The average molecular weight is 342 g/mol. The second-order valence-electron chi connectivity index (χ2n) is 6.13. The number of para-hydroxylation sites is 1. The van der Waals surface area contributed by atoms with Gasteiger partial charge in [-0.25, -0.2) is 0 Å². The van der Waals surface area contributed by atoms with Crippen LogP contribution in [0.15, 0.2) is 83.3 Å². The van der Waals surface area contributed by atoms with E-state index in [1.54, 1.807) is 13.2 Å². The van der Waals surface area contributed by atoms with E-state index in [-0.39, 0.29) is 5.78 Å². The topological polar surface area (TPSA) is 39.4 Å². The van der Waals surface area contributed by atoms with Gasteiger partial charge in [0.1, 0.15) is 11.3 Å². The summed E-state index contributed by atoms with van der Waals surface area (Å²) >= 11 is 0. The van der Waals surface area contributed by atoms with Crippen LogP contribution in [0.4, 0.5) is 0 Å². The van der Waals surface area contributed by atoms with E-state index in [4.69, 9.17) is 9.15 Å². The molecule has 0 aliphatic heterocycles. The molecule has 4 aromatic rings. The lowest BCUT2D eigenvalue weighted by Gasteiger charge is -2.13. The zero-order valence-corrected chi connectivity index (χ0v) is 14.4. The predicted molar refractivity (Wildman–Crippen MR) is 102 cm³/mol. The van der Waals surface area contributed by atoms with E-state index in [0.29, 0.717) is 29.1 Å². The molecule has 26 heavy (non-hydrogen) atoms. The van der Waals surface area contributed by atoms with Gasteiger partial charge in [-0.3, -0.25) is 4.79 Å². The van der Waals surface area contributed by atoms with Gasteiger partial charge in [0.15, 0.2) is 5.76 Å². The van der Waals surface area contributed by atoms with Crippen LogP contribution in [0, 0.1) is 0 Å². The number of methoxy groups -OCH3 is 1. The van der Waals surface area contributed by atoms with E-state index in [9.17, 15) is 4.79 Å². The summed E-state index contributed by atoms with van der Waals surface area (Å²) in [6.45, 7) is 0. The quantitative estimate of drug-likeness (QED) is 0.464. The smallest absolute Gasteiger partial charge is 0.228 e. The lowest BCUT2D eigenvalue weighted by atomic mass is 9.95. The first-order valence-corrected chi connectivity index (χ1v) is 8.49. The van der Waals surface area contributed by atoms with E-state index >= 15 is 0 Å². The number of rotatable bonds is 5. The predicted octanol–water partition coefficient (Wildman–Crippen LogP) is 5.26. The summed E-state index contributed by atoms with van der Waals surface area (Å²) in [4.78, 5) is 13.1. The Morgan fingerprint density at radius 1 is 0.923 bits per heavy atom. The number of furan rings is 1. The Kier molecular flexibility index (Phi) is 4.28. The van der Waals surface area contributed by atoms with Crippen molar-refractivity contribution in [3.05, 3.63) is 101 Å². The van der Waals surface area contributed by atoms with Gasteiger partial charge in [0.05, 0.1) is 7.11 Å². The Balaban J connectivity index is 1.78. The summed E-state index contributed by atoms with van der Waals surface area (Å²) in [7, 11) is 1.62. The first-order chi connectivity index (χ1) is 12.8. The second-order valence-corrected chi connectivity index (χ2v) is 6.13. The van der Waals surface area contributed by atoms with E-state index in [2.05, 4.69) is 0 Å². The summed E-state index contributed by atoms with van der Waals surface area (Å²) in [5.74, 6) is 0.913. The maximum atomic E-state index is 13.1. The number of carbonyl (C=O) groups excluding carboxylic acids is 1. The summed E-state index contributed by atoms with van der Waals surface area (Å²) in [5, 5.41) is 0.920. The summed E-state index contributed by atoms with van der Waals surface area (Å²) in [6, 6.07) is 25.0. The molecule has 3 nitrogen and oxygen atoms in total. The Morgan fingerprint density at radius 3 is 2.46 bits per heavy atom. The average Bonchev–Trinajstić information content (AvgIpc) is 3.12. The Labute approximate surface area is 151 Å². The summed E-state index contributed by atoms with van der Waals surface area (Å²) < 4.78 is 11.3. The van der Waals surface area contributed by atoms with Crippen LogP contribution in [0.3, 0.4) is 0 Å². The van der Waals surface area contributed by atoms with Gasteiger partial charge >= 0.3 is 0 Å². The lowest BCUT2D eigenvalue weighted by molar-refractivity contribution is 0.101. The number of benzene rings is 3. The molecule has 0 N–H and O–H groups in total. The summed E-state index contributed by atoms with van der Waals surface area (Å²) in [5.41, 5.74) is 3.30. The molecule has 4 rings (SSSR count). The number of hydrogen-bond donors (Lipinski definition) is 0. The third kappa shape index (κ3) is 3.00. The van der Waals surface area contributed by atoms with Crippen LogP contribution in [0.25, 0.3) is 11.0 Å². The van der Waals surface area contributed by atoms with E-state index in [1.807, 2.05) is 72.8 Å². The highest BCUT2D eigenvalue weighted by atomic mass is 16.5. The van der Waals surface area contributed by atoms with Crippen molar-refractivity contribution < 1.29 is 13.9 Å². The molecule has 0 fully saturated rings. The fourth-order valence-electron chi connectivity index (χ4n) is 3.18. The fraction of sp³-hybridized carbons (Fsp3) is 0.0870. The Bertz CT molecular complexity index is 1030. The van der Waals surface area contributed by atoms with Crippen molar-refractivity contribution in [2.45, 2.75) is 6.42 Å². The van der Waals surface area contributed by atoms with Crippen molar-refractivity contribution in [3.63, 3.8) is 0 Å². The van der Waals surface area contributed by atoms with Crippen molar-refractivity contribution in [2.75, 3.05) is 7.11 Å². The highest BCUT2D eigenvalue weighted by Gasteiger charge is 2.20. The fourth-order valence-corrected chi connectivity index (χ4v) is 3.18. The van der Waals surface area contributed by atoms with Gasteiger partial charge < -0.3 is 9.15 Å². The molecule has 0 atom stereocenters. The molecule has 3 aromatic carbocycles. The van der Waals surface area contributed by atoms with Gasteiger partial charge in [-0.05, 0) is 23.8 Å². The first-order valence-electron chi connectivity index (χ1n) is 8.49. The van der Waals surface area contributed by atoms with Crippen molar-refractivity contribution in [2.24, 2.45) is 0 Å². The van der Waals surface area contributed by atoms with Crippen molar-refractivity contribution in [1.82, 2.24) is 0 Å². The van der Waals surface area contributed by atoms with Gasteiger partial charge in [-0.1, -0.05) is 60.7 Å². The van der Waals surface area contributed by atoms with Crippen LogP contribution in [0.1, 0.15) is 27.2 Å². The third-order valence-electron chi connectivity index (χ3n) is 4.47. The van der Waals surface area contributed by atoms with Gasteiger partial charge in [-0.2, -0.15) is 0 Å². The van der Waals surface area contributed by atoms with Gasteiger partial charge in [-0.15, -0.1) is 0 Å². The zero-order valence-electron chi connectivity index (χ0n) is 14.4. The van der Waals surface area contributed by atoms with Crippen LogP contribution in [-0.4, -0.2) is 12.9 Å². The molecule has 0 unspecified atom stereocenters. The molecule has 1 heterocycles. The van der Waals surface area contributed by atoms with Gasteiger partial charge in [0.25, 0.3) is 0 Å². The van der Waals surface area contributed by atoms with Crippen molar-refractivity contribution >= 4 is 16.8 Å². The van der Waals surface area contributed by atoms with Gasteiger partial charge in [0.2, 0.25) is 5.78 Å². The molecule has 0 radical (unpaired) electrons. The normalized spacial score (nSPS) is 10.8. The molecule has 0 bridgehead atoms. The minimum atomic E-state index is -0.133. The first kappa shape index (κ1) is 16.2. The molecule has 0 amide bonds. The molecular weight excluding hydrogens is 324 g/mol. The zero-order chi connectivity index (χ0) is 17.9. The Hall–Kier alpha value is -3.33. The highest BCUT2D eigenvalue weighted by molar-refractivity contribution is 6.10. The largest absolute Gasteiger partial charge is 0.496 e. The van der Waals surface area contributed by atoms with Crippen LogP contribution < -0.4 is 4.74 Å². The molecule has 0 saturated heterocycles. The van der Waals surface area contributed by atoms with E-state index in [1.165, 1.54) is 0 Å². The minimum absolute atomic E-state index is 0.133. The minimum Gasteiger partial charge on any atom is -0.496 e. The molecule has 0 saturated carbocycles. The molecule has 0 aliphatic rings. The van der Waals surface area contributed by atoms with Crippen LogP contribution in [-0.2, 0) is 6.42 Å². The molecule has 0 spiro atoms. The number of ketones is 1. The van der Waals surface area contributed by atoms with Crippen molar-refractivity contribution in [1.29, 1.82) is 0 Å². The van der Waals surface area contributed by atoms with E-state index < -0.39 is 0 Å². The number of carbonyl (C=O) groups is 1. The SMILES string of the molecule is COc1cccc(C(=O)c2cc3ccccc3o2)c1Cc1ccccc1. The molecular formula is C23H18O3. The maximum absolute atomic E-state index is 13.1. The molecule has 1 aromatic heterocycles. The van der Waals surface area contributed by atoms with E-state index in [0.717, 1.165) is 16.5 Å². The number of ether oxygens (including phenoxy) is 1. The van der Waals surface area contributed by atoms with Gasteiger partial charge in [0, 0.05) is 22.9 Å². The molecule has 0 aliphatic carbocycles. The number of hydrogen-bond acceptors (Lipinski definition) is 3. The van der Waals surface area contributed by atoms with Crippen molar-refractivity contribution in [3.8, 4) is 5.75 Å². The second kappa shape index (κ2) is 6.89. The molecule has 3 heteroatoms. The standard InChI is InChI=1S/C23H18O3/c1-25-21-13-7-11-18(19(21)14-16-8-3-2-4-9-16)23(24)22-15-17-10-5-6-12-20(17)26-22/h2-13,15H,14H2,1H3. The van der Waals surface area contributed by atoms with Crippen LogP contribution >= 0.6 is 0 Å². The van der Waals surface area contributed by atoms with Crippen LogP contribution in [0.2, 0.25) is 0 Å². The maximum Gasteiger partial charge on any atom is 0.228 e. The number of fused-ring (bicyclic) bond motifs is 1. The molecule has 128 valence electrons. The third-order valence-corrected chi connectivity index (χ3v) is 4.47. The van der Waals surface area contributed by atoms with Crippen LogP contribution in [0.5, 0.6) is 5.75 Å².